The van der Waals surface area contributed by atoms with Crippen molar-refractivity contribution < 1.29 is 14.0 Å². The summed E-state index contributed by atoms with van der Waals surface area (Å²) in [6.07, 6.45) is 0.948. The zero-order chi connectivity index (χ0) is 19.0. The molecule has 0 aliphatic carbocycles. The molecule has 0 bridgehead atoms. The standard InChI is InChI=1S/C20H21N3O4/c1-4-8-26-14-7-5-6-13(9-14)12-23-17-10-15-18(27-21-19(15)25-3)11-16(17)22(2)20(23)24/h5-7,9-11H,4,8,12H2,1-3H3. The lowest BCUT2D eigenvalue weighted by Crippen LogP contribution is -2.22. The van der Waals surface area contributed by atoms with Gasteiger partial charge in [-0.3, -0.25) is 9.13 Å². The Morgan fingerprint density at radius 2 is 2.04 bits per heavy atom. The number of imidazole rings is 1. The molecule has 7 heteroatoms. The molecule has 4 rings (SSSR count). The molecule has 140 valence electrons. The minimum atomic E-state index is -0.0931. The van der Waals surface area contributed by atoms with Crippen molar-refractivity contribution in [3.05, 3.63) is 52.4 Å². The molecule has 4 aromatic rings. The Morgan fingerprint density at radius 3 is 2.81 bits per heavy atom. The fraction of sp³-hybridized carbons (Fsp3) is 0.300. The summed E-state index contributed by atoms with van der Waals surface area (Å²) in [5.41, 5.74) is 3.07. The molecule has 0 amide bonds. The Hall–Kier alpha value is -3.22. The Kier molecular flexibility index (Phi) is 4.35. The third-order valence-electron chi connectivity index (χ3n) is 4.61. The first kappa shape index (κ1) is 17.2. The Morgan fingerprint density at radius 1 is 1.19 bits per heavy atom. The SMILES string of the molecule is CCCOc1cccc(Cn2c(=O)n(C)c3cc4onc(OC)c4cc32)c1. The van der Waals surface area contributed by atoms with Crippen LogP contribution in [0.15, 0.2) is 45.7 Å². The fourth-order valence-corrected chi connectivity index (χ4v) is 3.25. The number of methoxy groups -OCH3 is 1. The van der Waals surface area contributed by atoms with Crippen molar-refractivity contribution in [2.45, 2.75) is 19.9 Å². The molecule has 0 aliphatic rings. The van der Waals surface area contributed by atoms with Gasteiger partial charge in [0.05, 0.1) is 36.7 Å². The van der Waals surface area contributed by atoms with Gasteiger partial charge in [-0.15, -0.1) is 0 Å². The summed E-state index contributed by atoms with van der Waals surface area (Å²) in [5.74, 6) is 1.22. The predicted molar refractivity (Wildman–Crippen MR) is 103 cm³/mol. The second kappa shape index (κ2) is 6.83. The normalized spacial score (nSPS) is 11.4. The maximum absolute atomic E-state index is 12.8. The van der Waals surface area contributed by atoms with E-state index < -0.39 is 0 Å². The highest BCUT2D eigenvalue weighted by Gasteiger charge is 2.17. The van der Waals surface area contributed by atoms with Crippen LogP contribution in [0.2, 0.25) is 0 Å². The number of ether oxygens (including phenoxy) is 2. The van der Waals surface area contributed by atoms with Gasteiger partial charge in [-0.25, -0.2) is 4.79 Å². The van der Waals surface area contributed by atoms with E-state index in [9.17, 15) is 4.79 Å². The number of fused-ring (bicyclic) bond motifs is 2. The Bertz CT molecular complexity index is 1170. The van der Waals surface area contributed by atoms with Crippen molar-refractivity contribution in [1.29, 1.82) is 0 Å². The van der Waals surface area contributed by atoms with Crippen LogP contribution in [0.25, 0.3) is 22.0 Å². The van der Waals surface area contributed by atoms with E-state index in [1.54, 1.807) is 23.3 Å². The molecule has 0 radical (unpaired) electrons. The summed E-state index contributed by atoms with van der Waals surface area (Å²) in [7, 11) is 3.29. The van der Waals surface area contributed by atoms with Gasteiger partial charge in [0.2, 0.25) is 0 Å². The lowest BCUT2D eigenvalue weighted by atomic mass is 10.2. The zero-order valence-corrected chi connectivity index (χ0v) is 15.6. The number of aromatic nitrogens is 3. The van der Waals surface area contributed by atoms with E-state index in [1.165, 1.54) is 0 Å². The van der Waals surface area contributed by atoms with Gasteiger partial charge in [0, 0.05) is 13.1 Å². The molecule has 0 N–H and O–H groups in total. The van der Waals surface area contributed by atoms with Crippen molar-refractivity contribution in [2.24, 2.45) is 7.05 Å². The highest BCUT2D eigenvalue weighted by Crippen LogP contribution is 2.29. The summed E-state index contributed by atoms with van der Waals surface area (Å²) in [4.78, 5) is 12.8. The average molecular weight is 367 g/mol. The van der Waals surface area contributed by atoms with Crippen LogP contribution in [0.1, 0.15) is 18.9 Å². The van der Waals surface area contributed by atoms with Gasteiger partial charge in [-0.05, 0) is 35.3 Å². The molecule has 0 aliphatic heterocycles. The van der Waals surface area contributed by atoms with Crippen molar-refractivity contribution >= 4 is 22.0 Å². The topological polar surface area (TPSA) is 71.4 Å². The molecule has 0 fully saturated rings. The van der Waals surface area contributed by atoms with Crippen LogP contribution in [0.3, 0.4) is 0 Å². The first-order chi connectivity index (χ1) is 13.1. The number of hydrogen-bond donors (Lipinski definition) is 0. The summed E-state index contributed by atoms with van der Waals surface area (Å²) < 4.78 is 19.6. The summed E-state index contributed by atoms with van der Waals surface area (Å²) in [6, 6.07) is 11.5. The molecule has 27 heavy (non-hydrogen) atoms. The maximum Gasteiger partial charge on any atom is 0.329 e. The minimum Gasteiger partial charge on any atom is -0.494 e. The molecule has 0 saturated heterocycles. The molecule has 0 saturated carbocycles. The van der Waals surface area contributed by atoms with Crippen molar-refractivity contribution in [3.63, 3.8) is 0 Å². The van der Waals surface area contributed by atoms with Gasteiger partial charge in [0.15, 0.2) is 5.58 Å². The van der Waals surface area contributed by atoms with E-state index in [2.05, 4.69) is 12.1 Å². The van der Waals surface area contributed by atoms with Crippen LogP contribution in [-0.2, 0) is 13.6 Å². The fourth-order valence-electron chi connectivity index (χ4n) is 3.25. The number of rotatable bonds is 6. The van der Waals surface area contributed by atoms with Crippen LogP contribution in [-0.4, -0.2) is 28.0 Å². The molecule has 2 aromatic heterocycles. The van der Waals surface area contributed by atoms with Crippen molar-refractivity contribution in [2.75, 3.05) is 13.7 Å². The zero-order valence-electron chi connectivity index (χ0n) is 15.6. The summed E-state index contributed by atoms with van der Waals surface area (Å²) >= 11 is 0. The number of hydrogen-bond acceptors (Lipinski definition) is 5. The van der Waals surface area contributed by atoms with Gasteiger partial charge in [-0.2, -0.15) is 0 Å². The average Bonchev–Trinajstić information content (AvgIpc) is 3.19. The Labute approximate surface area is 155 Å². The molecule has 0 atom stereocenters. The number of benzene rings is 2. The Balaban J connectivity index is 1.81. The van der Waals surface area contributed by atoms with Gasteiger partial charge in [0.25, 0.3) is 5.88 Å². The largest absolute Gasteiger partial charge is 0.494 e. The van der Waals surface area contributed by atoms with E-state index in [0.717, 1.165) is 34.2 Å². The highest BCUT2D eigenvalue weighted by molar-refractivity contribution is 5.95. The van der Waals surface area contributed by atoms with Crippen LogP contribution in [0, 0.1) is 0 Å². The molecule has 0 spiro atoms. The van der Waals surface area contributed by atoms with Crippen LogP contribution < -0.4 is 15.2 Å². The third kappa shape index (κ3) is 2.95. The van der Waals surface area contributed by atoms with E-state index in [1.807, 2.05) is 36.4 Å². The maximum atomic E-state index is 12.8. The van der Waals surface area contributed by atoms with Gasteiger partial charge >= 0.3 is 5.69 Å². The molecule has 7 nitrogen and oxygen atoms in total. The van der Waals surface area contributed by atoms with Crippen LogP contribution in [0.5, 0.6) is 11.6 Å². The lowest BCUT2D eigenvalue weighted by molar-refractivity contribution is 0.317. The van der Waals surface area contributed by atoms with E-state index in [4.69, 9.17) is 14.0 Å². The quantitative estimate of drug-likeness (QED) is 0.523. The van der Waals surface area contributed by atoms with E-state index in [0.29, 0.717) is 24.6 Å². The van der Waals surface area contributed by atoms with Gasteiger partial charge in [-0.1, -0.05) is 19.1 Å². The highest BCUT2D eigenvalue weighted by atomic mass is 16.5. The van der Waals surface area contributed by atoms with Crippen molar-refractivity contribution in [3.8, 4) is 11.6 Å². The number of aryl methyl sites for hydroxylation is 1. The van der Waals surface area contributed by atoms with E-state index >= 15 is 0 Å². The van der Waals surface area contributed by atoms with E-state index in [-0.39, 0.29) is 5.69 Å². The smallest absolute Gasteiger partial charge is 0.329 e. The first-order valence-electron chi connectivity index (χ1n) is 8.86. The molecule has 2 heterocycles. The summed E-state index contributed by atoms with van der Waals surface area (Å²) in [6.45, 7) is 3.18. The molecular formula is C20H21N3O4. The van der Waals surface area contributed by atoms with Gasteiger partial charge < -0.3 is 14.0 Å². The van der Waals surface area contributed by atoms with Crippen LogP contribution >= 0.6 is 0 Å². The molecule has 0 unspecified atom stereocenters. The number of nitrogens with zero attached hydrogens (tertiary/aromatic N) is 3. The third-order valence-corrected chi connectivity index (χ3v) is 4.61. The summed E-state index contributed by atoms with van der Waals surface area (Å²) in [5, 5.41) is 4.65. The first-order valence-corrected chi connectivity index (χ1v) is 8.86. The second-order valence-electron chi connectivity index (χ2n) is 6.45. The monoisotopic (exact) mass is 367 g/mol. The molecular weight excluding hydrogens is 346 g/mol. The van der Waals surface area contributed by atoms with Crippen molar-refractivity contribution in [1.82, 2.24) is 14.3 Å². The van der Waals surface area contributed by atoms with Crippen LogP contribution in [0.4, 0.5) is 0 Å². The lowest BCUT2D eigenvalue weighted by Gasteiger charge is -2.08. The molecule has 2 aromatic carbocycles. The second-order valence-corrected chi connectivity index (χ2v) is 6.45. The predicted octanol–water partition coefficient (Wildman–Crippen LogP) is 3.33. The minimum absolute atomic E-state index is 0.0931. The van der Waals surface area contributed by atoms with Gasteiger partial charge in [0.1, 0.15) is 5.75 Å².